The maximum atomic E-state index is 13.4. The number of carbonyl (C=O) groups is 2. The van der Waals surface area contributed by atoms with Crippen LogP contribution in [0, 0.1) is 0 Å². The fraction of sp³-hybridized carbons (Fsp3) is 0.545. The van der Waals surface area contributed by atoms with E-state index in [2.05, 4.69) is 15.0 Å². The topological polar surface area (TPSA) is 149 Å². The zero-order valence-corrected chi connectivity index (χ0v) is 22.9. The number of carboxylic acids is 2. The minimum atomic E-state index is -5.08. The molecule has 4 heterocycles. The number of nitrogens with zero attached hydrogens (tertiary/aromatic N) is 6. The van der Waals surface area contributed by atoms with Gasteiger partial charge < -0.3 is 15.1 Å². The van der Waals surface area contributed by atoms with Gasteiger partial charge in [-0.1, -0.05) is 0 Å². The van der Waals surface area contributed by atoms with Crippen molar-refractivity contribution in [2.75, 3.05) is 25.0 Å². The molecule has 41 heavy (non-hydrogen) atoms. The lowest BCUT2D eigenvalue weighted by molar-refractivity contribution is -0.193. The third kappa shape index (κ3) is 8.29. The molecule has 1 fully saturated rings. The van der Waals surface area contributed by atoms with E-state index in [0.29, 0.717) is 17.3 Å². The Bertz CT molecular complexity index is 1310. The molecule has 2 aromatic heterocycles. The van der Waals surface area contributed by atoms with Gasteiger partial charge in [-0.3, -0.25) is 9.58 Å². The van der Waals surface area contributed by atoms with Gasteiger partial charge in [0.05, 0.1) is 18.3 Å². The first kappa shape index (κ1) is 33.8. The minimum Gasteiger partial charge on any atom is -0.475 e. The van der Waals surface area contributed by atoms with Gasteiger partial charge in [0.15, 0.2) is 0 Å². The van der Waals surface area contributed by atoms with Crippen molar-refractivity contribution in [3.05, 3.63) is 36.3 Å². The second kappa shape index (κ2) is 12.6. The van der Waals surface area contributed by atoms with Gasteiger partial charge in [-0.2, -0.15) is 35.7 Å². The van der Waals surface area contributed by atoms with Crippen molar-refractivity contribution in [3.8, 4) is 0 Å². The van der Waals surface area contributed by atoms with Crippen molar-refractivity contribution in [2.45, 2.75) is 55.8 Å². The number of anilines is 1. The number of alkyl halides is 6. The molecular formula is C22H28F6N6O6S. The van der Waals surface area contributed by atoms with Crippen LogP contribution >= 0.6 is 0 Å². The van der Waals surface area contributed by atoms with Crippen LogP contribution in [0.25, 0.3) is 0 Å². The Balaban J connectivity index is 0.000000349. The summed E-state index contributed by atoms with van der Waals surface area (Å²) in [6.07, 6.45) is -4.63. The summed E-state index contributed by atoms with van der Waals surface area (Å²) in [5, 5.41) is 18.5. The molecule has 0 amide bonds. The number of aliphatic carboxylic acids is 2. The van der Waals surface area contributed by atoms with Gasteiger partial charge in [0.1, 0.15) is 10.7 Å². The lowest BCUT2D eigenvalue weighted by Crippen LogP contribution is -2.52. The summed E-state index contributed by atoms with van der Waals surface area (Å²) in [6.45, 7) is 6.12. The van der Waals surface area contributed by atoms with Gasteiger partial charge in [-0.25, -0.2) is 23.0 Å². The van der Waals surface area contributed by atoms with Crippen molar-refractivity contribution in [1.82, 2.24) is 24.0 Å². The molecule has 2 aromatic rings. The molecule has 0 bridgehead atoms. The Morgan fingerprint density at radius 2 is 1.54 bits per heavy atom. The lowest BCUT2D eigenvalue weighted by Gasteiger charge is -2.34. The smallest absolute Gasteiger partial charge is 0.475 e. The Hall–Kier alpha value is -3.45. The minimum absolute atomic E-state index is 0.0509. The predicted molar refractivity (Wildman–Crippen MR) is 130 cm³/mol. The van der Waals surface area contributed by atoms with Gasteiger partial charge in [-0.15, -0.1) is 0 Å². The maximum Gasteiger partial charge on any atom is 0.490 e. The molecule has 0 aromatic carbocycles. The zero-order valence-electron chi connectivity index (χ0n) is 22.1. The Labute approximate surface area is 230 Å². The van der Waals surface area contributed by atoms with Crippen LogP contribution in [0.2, 0.25) is 0 Å². The first-order valence-electron chi connectivity index (χ1n) is 11.7. The molecule has 0 saturated carbocycles. The molecule has 2 atom stereocenters. The zero-order chi connectivity index (χ0) is 31.5. The highest BCUT2D eigenvalue weighted by atomic mass is 32.2. The number of hydrogen-bond acceptors (Lipinski definition) is 8. The predicted octanol–water partition coefficient (Wildman–Crippen LogP) is 2.18. The quantitative estimate of drug-likeness (QED) is 0.491. The summed E-state index contributed by atoms with van der Waals surface area (Å²) >= 11 is 0. The number of rotatable bonds is 3. The maximum absolute atomic E-state index is 13.4. The number of aromatic nitrogens is 3. The van der Waals surface area contributed by atoms with E-state index >= 15 is 0 Å². The molecule has 4 rings (SSSR count). The van der Waals surface area contributed by atoms with Crippen molar-refractivity contribution in [2.24, 2.45) is 7.05 Å². The van der Waals surface area contributed by atoms with E-state index in [4.69, 9.17) is 19.8 Å². The molecule has 2 N–H and O–H groups in total. The monoisotopic (exact) mass is 618 g/mol. The van der Waals surface area contributed by atoms with E-state index < -0.39 is 34.3 Å². The van der Waals surface area contributed by atoms with Gasteiger partial charge >= 0.3 is 24.3 Å². The number of sulfonamides is 1. The molecule has 0 aliphatic carbocycles. The largest absolute Gasteiger partial charge is 0.490 e. The standard InChI is InChI=1S/C18H26N6O2S.2C2HF3O2/c1-13(2)24-16-12-23(10-14-8-20-21(3)9-14)11-15(16)22(4)18-17(27(24,25)26)6-5-7-19-18;2*3-2(4,5)1(6)7/h5-9,13,15-16H,10-12H2,1-4H3;2*(H,6,7). The average Bonchev–Trinajstić information content (AvgIpc) is 3.42. The highest BCUT2D eigenvalue weighted by molar-refractivity contribution is 7.89. The summed E-state index contributed by atoms with van der Waals surface area (Å²) in [6, 6.07) is 3.16. The van der Waals surface area contributed by atoms with E-state index in [1.807, 2.05) is 45.2 Å². The lowest BCUT2D eigenvalue weighted by atomic mass is 10.1. The second-order valence-electron chi connectivity index (χ2n) is 9.32. The molecule has 2 aliphatic rings. The Kier molecular flexibility index (Phi) is 10.4. The summed E-state index contributed by atoms with van der Waals surface area (Å²) in [5.41, 5.74) is 1.13. The second-order valence-corrected chi connectivity index (χ2v) is 11.1. The van der Waals surface area contributed by atoms with Crippen LogP contribution in [0.1, 0.15) is 19.4 Å². The summed E-state index contributed by atoms with van der Waals surface area (Å²) in [7, 11) is 0.247. The third-order valence-electron chi connectivity index (χ3n) is 5.96. The Morgan fingerprint density at radius 1 is 1.02 bits per heavy atom. The van der Waals surface area contributed by atoms with Crippen LogP contribution in [-0.4, -0.2) is 105 Å². The van der Waals surface area contributed by atoms with E-state index in [1.54, 1.807) is 27.3 Å². The van der Waals surface area contributed by atoms with Gasteiger partial charge in [0, 0.05) is 57.7 Å². The first-order chi connectivity index (χ1) is 18.7. The number of carboxylic acid groups (broad SMARTS) is 2. The van der Waals surface area contributed by atoms with Crippen molar-refractivity contribution in [1.29, 1.82) is 0 Å². The summed E-state index contributed by atoms with van der Waals surface area (Å²) in [5.74, 6) is -4.97. The molecule has 19 heteroatoms. The highest BCUT2D eigenvalue weighted by Crippen LogP contribution is 2.37. The average molecular weight is 619 g/mol. The molecule has 0 spiro atoms. The molecule has 0 radical (unpaired) electrons. The number of likely N-dealkylation sites (N-methyl/N-ethyl adjacent to an activating group) is 1. The molecule has 230 valence electrons. The van der Waals surface area contributed by atoms with Gasteiger partial charge in [0.2, 0.25) is 10.0 Å². The number of likely N-dealkylation sites (tertiary alicyclic amines) is 1. The Morgan fingerprint density at radius 3 is 1.98 bits per heavy atom. The molecule has 2 aliphatic heterocycles. The number of hydrogen-bond donors (Lipinski definition) is 2. The van der Waals surface area contributed by atoms with Gasteiger partial charge in [-0.05, 0) is 26.0 Å². The van der Waals surface area contributed by atoms with E-state index in [-0.39, 0.29) is 18.1 Å². The van der Waals surface area contributed by atoms with Gasteiger partial charge in [0.25, 0.3) is 0 Å². The van der Waals surface area contributed by atoms with Crippen LogP contribution in [0.3, 0.4) is 0 Å². The number of halogens is 6. The number of aryl methyl sites for hydroxylation is 1. The van der Waals surface area contributed by atoms with Crippen LogP contribution in [0.15, 0.2) is 35.6 Å². The van der Waals surface area contributed by atoms with Crippen LogP contribution in [0.5, 0.6) is 0 Å². The molecular weight excluding hydrogens is 590 g/mol. The van der Waals surface area contributed by atoms with E-state index in [9.17, 15) is 34.8 Å². The molecule has 12 nitrogen and oxygen atoms in total. The normalized spacial score (nSPS) is 20.6. The van der Waals surface area contributed by atoms with E-state index in [0.717, 1.165) is 18.7 Å². The molecule has 2 unspecified atom stereocenters. The number of pyridine rings is 1. The van der Waals surface area contributed by atoms with Crippen LogP contribution in [-0.2, 0) is 33.2 Å². The summed E-state index contributed by atoms with van der Waals surface area (Å²) in [4.78, 5) is 26.9. The fourth-order valence-electron chi connectivity index (χ4n) is 4.38. The molecule has 1 saturated heterocycles. The first-order valence-corrected chi connectivity index (χ1v) is 13.1. The third-order valence-corrected chi connectivity index (χ3v) is 8.08. The highest BCUT2D eigenvalue weighted by Gasteiger charge is 2.49. The fourth-order valence-corrected chi connectivity index (χ4v) is 6.40. The summed E-state index contributed by atoms with van der Waals surface area (Å²) < 4.78 is 93.8. The number of fused-ring (bicyclic) bond motifs is 2. The van der Waals surface area contributed by atoms with Crippen molar-refractivity contribution in [3.63, 3.8) is 0 Å². The van der Waals surface area contributed by atoms with Crippen molar-refractivity contribution < 1.29 is 54.6 Å². The SMILES string of the molecule is CC(C)N1C2CN(Cc3cnn(C)c3)CC2N(C)c2ncccc2S1(=O)=O.O=C(O)C(F)(F)F.O=C(O)C(F)(F)F. The van der Waals surface area contributed by atoms with Crippen molar-refractivity contribution >= 4 is 27.8 Å². The van der Waals surface area contributed by atoms with Crippen LogP contribution in [0.4, 0.5) is 32.2 Å². The van der Waals surface area contributed by atoms with Crippen LogP contribution < -0.4 is 4.90 Å². The van der Waals surface area contributed by atoms with E-state index in [1.165, 1.54) is 0 Å².